The van der Waals surface area contributed by atoms with E-state index in [-0.39, 0.29) is 11.4 Å². The second kappa shape index (κ2) is 8.36. The summed E-state index contributed by atoms with van der Waals surface area (Å²) in [6, 6.07) is 14.0. The van der Waals surface area contributed by atoms with Gasteiger partial charge in [0, 0.05) is 30.3 Å². The second-order valence-corrected chi connectivity index (χ2v) is 8.60. The Morgan fingerprint density at radius 3 is 2.75 bits per heavy atom. The lowest BCUT2D eigenvalue weighted by atomic mass is 9.80. The Morgan fingerprint density at radius 1 is 1.32 bits per heavy atom. The first-order valence-electron chi connectivity index (χ1n) is 9.71. The van der Waals surface area contributed by atoms with E-state index in [9.17, 15) is 4.79 Å². The first kappa shape index (κ1) is 20.4. The predicted octanol–water partition coefficient (Wildman–Crippen LogP) is 5.14. The summed E-state index contributed by atoms with van der Waals surface area (Å²) in [6.45, 7) is 6.75. The Morgan fingerprint density at radius 2 is 2.04 bits per heavy atom. The molecule has 0 unspecified atom stereocenters. The van der Waals surface area contributed by atoms with Gasteiger partial charge < -0.3 is 4.90 Å². The van der Waals surface area contributed by atoms with Crippen LogP contribution in [-0.4, -0.2) is 24.7 Å². The number of amides is 1. The number of hydrogen-bond donors (Lipinski definition) is 1. The molecule has 0 aromatic heterocycles. The molecule has 0 radical (unpaired) electrons. The summed E-state index contributed by atoms with van der Waals surface area (Å²) in [5.41, 5.74) is 7.09. The normalized spacial score (nSPS) is 18.2. The monoisotopic (exact) mass is 397 g/mol. The third-order valence-electron chi connectivity index (χ3n) is 5.63. The van der Waals surface area contributed by atoms with Crippen molar-refractivity contribution in [2.24, 2.45) is 5.10 Å². The van der Waals surface area contributed by atoms with E-state index in [4.69, 9.17) is 11.6 Å². The molecule has 0 fully saturated rings. The van der Waals surface area contributed by atoms with Crippen LogP contribution >= 0.6 is 11.6 Å². The van der Waals surface area contributed by atoms with Crippen LogP contribution in [0.25, 0.3) is 0 Å². The predicted molar refractivity (Wildman–Crippen MR) is 117 cm³/mol. The largest absolute Gasteiger partial charge is 0.369 e. The summed E-state index contributed by atoms with van der Waals surface area (Å²) < 4.78 is 0. The van der Waals surface area contributed by atoms with E-state index in [0.29, 0.717) is 23.8 Å². The van der Waals surface area contributed by atoms with Crippen molar-refractivity contribution < 1.29 is 4.79 Å². The lowest BCUT2D eigenvalue weighted by Crippen LogP contribution is -2.45. The fraction of sp³-hybridized carbons (Fsp3) is 0.391. The molecule has 0 saturated heterocycles. The molecule has 148 valence electrons. The molecular formula is C23H28ClN3O. The topological polar surface area (TPSA) is 44.7 Å². The average molecular weight is 398 g/mol. The number of benzene rings is 2. The molecule has 3 rings (SSSR count). The summed E-state index contributed by atoms with van der Waals surface area (Å²) in [5, 5.41) is 4.75. The number of halogens is 1. The number of hydrazone groups is 1. The summed E-state index contributed by atoms with van der Waals surface area (Å²) in [4.78, 5) is 14.3. The van der Waals surface area contributed by atoms with Crippen molar-refractivity contribution in [2.45, 2.75) is 51.5 Å². The number of carbonyl (C=O) groups is 1. The molecular weight excluding hydrogens is 370 g/mol. The van der Waals surface area contributed by atoms with Gasteiger partial charge in [0.05, 0.1) is 11.2 Å². The van der Waals surface area contributed by atoms with Crippen LogP contribution in [0.2, 0.25) is 5.02 Å². The van der Waals surface area contributed by atoms with Crippen molar-refractivity contribution in [3.05, 3.63) is 64.2 Å². The number of nitrogens with one attached hydrogen (secondary N) is 1. The minimum absolute atomic E-state index is 0.0953. The number of aryl methyl sites for hydroxylation is 1. The summed E-state index contributed by atoms with van der Waals surface area (Å²) in [7, 11) is 2.11. The number of nitrogens with zero attached hydrogens (tertiary/aromatic N) is 2. The maximum atomic E-state index is 12.0. The third kappa shape index (κ3) is 4.56. The van der Waals surface area contributed by atoms with Crippen LogP contribution < -0.4 is 10.3 Å². The smallest absolute Gasteiger partial charge is 0.240 e. The Kier molecular flexibility index (Phi) is 6.09. The Hall–Kier alpha value is -2.33. The molecule has 1 aliphatic heterocycles. The molecule has 0 bridgehead atoms. The molecule has 1 heterocycles. The second-order valence-electron chi connectivity index (χ2n) is 8.19. The van der Waals surface area contributed by atoms with Gasteiger partial charge in [0.1, 0.15) is 0 Å². The molecule has 1 N–H and O–H groups in total. The molecule has 1 amide bonds. The maximum Gasteiger partial charge on any atom is 0.240 e. The Labute approximate surface area is 172 Å². The van der Waals surface area contributed by atoms with Crippen LogP contribution in [-0.2, 0) is 11.2 Å². The van der Waals surface area contributed by atoms with Gasteiger partial charge in [-0.05, 0) is 55.9 Å². The Bertz CT molecular complexity index is 877. The maximum absolute atomic E-state index is 12.0. The number of fused-ring (bicyclic) bond motifs is 1. The standard InChI is InChI=1S/C23H28ClN3O/c1-16-14-23(2,3)27(4)21-13-20(24)18(12-19(16)21)15-25-26-22(28)11-10-17-8-6-5-7-9-17/h5-9,12-13,15-16H,10-11,14H2,1-4H3,(H,26,28)/b25-15+/t16-/m0/s1. The quantitative estimate of drug-likeness (QED) is 0.560. The lowest BCUT2D eigenvalue weighted by molar-refractivity contribution is -0.121. The van der Waals surface area contributed by atoms with Crippen molar-refractivity contribution in [1.82, 2.24) is 5.43 Å². The van der Waals surface area contributed by atoms with Gasteiger partial charge in [-0.3, -0.25) is 4.79 Å². The van der Waals surface area contributed by atoms with E-state index in [1.807, 2.05) is 36.4 Å². The van der Waals surface area contributed by atoms with E-state index in [1.165, 1.54) is 5.56 Å². The van der Waals surface area contributed by atoms with Gasteiger partial charge in [0.15, 0.2) is 0 Å². The lowest BCUT2D eigenvalue weighted by Gasteiger charge is -2.45. The molecule has 1 aliphatic rings. The highest BCUT2D eigenvalue weighted by Crippen LogP contribution is 2.44. The zero-order valence-electron chi connectivity index (χ0n) is 17.0. The van der Waals surface area contributed by atoms with Crippen LogP contribution in [0.1, 0.15) is 56.2 Å². The highest BCUT2D eigenvalue weighted by Gasteiger charge is 2.34. The average Bonchev–Trinajstić information content (AvgIpc) is 2.66. The first-order valence-corrected chi connectivity index (χ1v) is 10.1. The minimum Gasteiger partial charge on any atom is -0.369 e. The minimum atomic E-state index is -0.107. The van der Waals surface area contributed by atoms with Crippen LogP contribution in [0.15, 0.2) is 47.6 Å². The number of rotatable bonds is 5. The summed E-state index contributed by atoms with van der Waals surface area (Å²) >= 11 is 6.49. The van der Waals surface area contributed by atoms with Crippen LogP contribution in [0.4, 0.5) is 5.69 Å². The van der Waals surface area contributed by atoms with Crippen LogP contribution in [0, 0.1) is 0 Å². The van der Waals surface area contributed by atoms with Crippen molar-refractivity contribution in [3.63, 3.8) is 0 Å². The fourth-order valence-corrected chi connectivity index (χ4v) is 4.04. The SMILES string of the molecule is C[C@H]1CC(C)(C)N(C)c2cc(Cl)c(/C=N/NC(=O)CCc3ccccc3)cc21. The van der Waals surface area contributed by atoms with E-state index in [1.54, 1.807) is 6.21 Å². The van der Waals surface area contributed by atoms with Crippen LogP contribution in [0.5, 0.6) is 0 Å². The number of hydrogen-bond acceptors (Lipinski definition) is 3. The summed E-state index contributed by atoms with van der Waals surface area (Å²) in [6.07, 6.45) is 3.80. The van der Waals surface area contributed by atoms with E-state index >= 15 is 0 Å². The van der Waals surface area contributed by atoms with Crippen molar-refractivity contribution >= 4 is 29.4 Å². The molecule has 0 saturated carbocycles. The van der Waals surface area contributed by atoms with Crippen molar-refractivity contribution in [1.29, 1.82) is 0 Å². The van der Waals surface area contributed by atoms with Gasteiger partial charge in [-0.1, -0.05) is 48.9 Å². The number of anilines is 1. The van der Waals surface area contributed by atoms with Gasteiger partial charge in [-0.2, -0.15) is 5.10 Å². The van der Waals surface area contributed by atoms with Crippen LogP contribution in [0.3, 0.4) is 0 Å². The summed E-state index contributed by atoms with van der Waals surface area (Å²) in [5.74, 6) is 0.329. The van der Waals surface area contributed by atoms with E-state index in [2.05, 4.69) is 49.3 Å². The van der Waals surface area contributed by atoms with Gasteiger partial charge in [0.25, 0.3) is 0 Å². The number of carbonyl (C=O) groups excluding carboxylic acids is 1. The molecule has 5 heteroatoms. The zero-order chi connectivity index (χ0) is 20.3. The zero-order valence-corrected chi connectivity index (χ0v) is 17.8. The molecule has 2 aromatic carbocycles. The fourth-order valence-electron chi connectivity index (χ4n) is 3.84. The molecule has 0 spiro atoms. The molecule has 28 heavy (non-hydrogen) atoms. The van der Waals surface area contributed by atoms with Gasteiger partial charge in [0.2, 0.25) is 5.91 Å². The molecule has 2 aromatic rings. The van der Waals surface area contributed by atoms with Gasteiger partial charge >= 0.3 is 0 Å². The third-order valence-corrected chi connectivity index (χ3v) is 5.96. The highest BCUT2D eigenvalue weighted by molar-refractivity contribution is 6.33. The van der Waals surface area contributed by atoms with E-state index < -0.39 is 0 Å². The molecule has 0 aliphatic carbocycles. The first-order chi connectivity index (χ1) is 13.3. The Balaban J connectivity index is 1.66. The van der Waals surface area contributed by atoms with Gasteiger partial charge in [-0.25, -0.2) is 5.43 Å². The molecule has 1 atom stereocenters. The van der Waals surface area contributed by atoms with Gasteiger partial charge in [-0.15, -0.1) is 0 Å². The molecule has 4 nitrogen and oxygen atoms in total. The van der Waals surface area contributed by atoms with E-state index in [0.717, 1.165) is 23.2 Å². The van der Waals surface area contributed by atoms with Crippen molar-refractivity contribution in [3.8, 4) is 0 Å². The highest BCUT2D eigenvalue weighted by atomic mass is 35.5. The van der Waals surface area contributed by atoms with Crippen molar-refractivity contribution in [2.75, 3.05) is 11.9 Å².